The summed E-state index contributed by atoms with van der Waals surface area (Å²) < 4.78 is 0. The summed E-state index contributed by atoms with van der Waals surface area (Å²) in [6.07, 6.45) is 3.21. The predicted molar refractivity (Wildman–Crippen MR) is 66.8 cm³/mol. The van der Waals surface area contributed by atoms with Gasteiger partial charge in [0.15, 0.2) is 0 Å². The van der Waals surface area contributed by atoms with Crippen LogP contribution in [0, 0.1) is 5.92 Å². The van der Waals surface area contributed by atoms with Crippen LogP contribution in [0.1, 0.15) is 25.0 Å². The number of nitrogens with zero attached hydrogens (tertiary/aromatic N) is 2. The average Bonchev–Trinajstić information content (AvgIpc) is 2.40. The third-order valence-corrected chi connectivity index (χ3v) is 3.33. The Morgan fingerprint density at radius 1 is 1.35 bits per heavy atom. The van der Waals surface area contributed by atoms with Gasteiger partial charge < -0.3 is 15.1 Å². The molecule has 0 aromatic carbocycles. The Morgan fingerprint density at radius 2 is 2.24 bits per heavy atom. The van der Waals surface area contributed by atoms with Crippen molar-refractivity contribution in [2.24, 2.45) is 5.92 Å². The molecule has 0 bridgehead atoms. The standard InChI is InChI=1S/C13H20N2O2/c16-8-6-11-3-2-7-15(9-11)13-5-1-4-12(10-17)14-13/h1,4-5,11,16-17H,2-3,6-10H2. The van der Waals surface area contributed by atoms with E-state index in [-0.39, 0.29) is 13.2 Å². The van der Waals surface area contributed by atoms with Gasteiger partial charge in [-0.15, -0.1) is 0 Å². The van der Waals surface area contributed by atoms with Crippen LogP contribution in [0.4, 0.5) is 5.82 Å². The molecule has 1 aromatic rings. The minimum Gasteiger partial charge on any atom is -0.396 e. The van der Waals surface area contributed by atoms with Gasteiger partial charge in [0, 0.05) is 19.7 Å². The molecule has 0 aliphatic carbocycles. The average molecular weight is 236 g/mol. The number of rotatable bonds is 4. The minimum absolute atomic E-state index is 0.0122. The van der Waals surface area contributed by atoms with Crippen molar-refractivity contribution in [2.75, 3.05) is 24.6 Å². The molecule has 17 heavy (non-hydrogen) atoms. The zero-order chi connectivity index (χ0) is 12.1. The van der Waals surface area contributed by atoms with Crippen LogP contribution in [0.2, 0.25) is 0 Å². The van der Waals surface area contributed by atoms with E-state index in [2.05, 4.69) is 9.88 Å². The molecule has 0 saturated carbocycles. The summed E-state index contributed by atoms with van der Waals surface area (Å²) in [5, 5.41) is 18.1. The topological polar surface area (TPSA) is 56.6 Å². The molecule has 4 heteroatoms. The van der Waals surface area contributed by atoms with E-state index in [4.69, 9.17) is 10.2 Å². The Balaban J connectivity index is 2.05. The molecule has 1 aliphatic heterocycles. The van der Waals surface area contributed by atoms with Crippen molar-refractivity contribution < 1.29 is 10.2 Å². The van der Waals surface area contributed by atoms with Crippen molar-refractivity contribution in [3.8, 4) is 0 Å². The maximum Gasteiger partial charge on any atom is 0.128 e. The van der Waals surface area contributed by atoms with Crippen LogP contribution in [0.25, 0.3) is 0 Å². The van der Waals surface area contributed by atoms with Gasteiger partial charge >= 0.3 is 0 Å². The van der Waals surface area contributed by atoms with Gasteiger partial charge in [-0.1, -0.05) is 6.07 Å². The molecule has 2 heterocycles. The van der Waals surface area contributed by atoms with E-state index in [1.807, 2.05) is 18.2 Å². The molecule has 0 spiro atoms. The Morgan fingerprint density at radius 3 is 3.00 bits per heavy atom. The van der Waals surface area contributed by atoms with Crippen molar-refractivity contribution >= 4 is 5.82 Å². The summed E-state index contributed by atoms with van der Waals surface area (Å²) in [4.78, 5) is 6.68. The van der Waals surface area contributed by atoms with Crippen molar-refractivity contribution in [1.29, 1.82) is 0 Å². The quantitative estimate of drug-likeness (QED) is 0.824. The number of anilines is 1. The Bertz CT molecular complexity index is 355. The molecule has 0 amide bonds. The Hall–Kier alpha value is -1.13. The van der Waals surface area contributed by atoms with Crippen molar-refractivity contribution in [3.63, 3.8) is 0 Å². The van der Waals surface area contributed by atoms with E-state index in [9.17, 15) is 0 Å². The molecule has 0 radical (unpaired) electrons. The number of pyridine rings is 1. The van der Waals surface area contributed by atoms with Crippen molar-refractivity contribution in [2.45, 2.75) is 25.9 Å². The second kappa shape index (κ2) is 5.98. The van der Waals surface area contributed by atoms with E-state index >= 15 is 0 Å². The second-order valence-electron chi connectivity index (χ2n) is 4.61. The number of hydrogen-bond donors (Lipinski definition) is 2. The fourth-order valence-corrected chi connectivity index (χ4v) is 2.42. The summed E-state index contributed by atoms with van der Waals surface area (Å²) >= 11 is 0. The molecule has 1 aromatic heterocycles. The van der Waals surface area contributed by atoms with Crippen LogP contribution >= 0.6 is 0 Å². The number of piperidine rings is 1. The first-order valence-corrected chi connectivity index (χ1v) is 6.26. The Labute approximate surface area is 102 Å². The highest BCUT2D eigenvalue weighted by molar-refractivity contribution is 5.39. The third kappa shape index (κ3) is 3.17. The first-order valence-electron chi connectivity index (χ1n) is 6.26. The zero-order valence-corrected chi connectivity index (χ0v) is 10.0. The smallest absolute Gasteiger partial charge is 0.128 e. The van der Waals surface area contributed by atoms with Gasteiger partial charge in [0.1, 0.15) is 5.82 Å². The van der Waals surface area contributed by atoms with Gasteiger partial charge in [-0.2, -0.15) is 0 Å². The molecule has 2 N–H and O–H groups in total. The first kappa shape index (κ1) is 12.3. The zero-order valence-electron chi connectivity index (χ0n) is 10.0. The van der Waals surface area contributed by atoms with Crippen LogP contribution in [0.5, 0.6) is 0 Å². The normalized spacial score (nSPS) is 20.6. The molecule has 1 aliphatic rings. The maximum atomic E-state index is 9.08. The minimum atomic E-state index is -0.0122. The van der Waals surface area contributed by atoms with Gasteiger partial charge in [0.05, 0.1) is 12.3 Å². The maximum absolute atomic E-state index is 9.08. The number of aromatic nitrogens is 1. The van der Waals surface area contributed by atoms with Gasteiger partial charge in [-0.25, -0.2) is 4.98 Å². The van der Waals surface area contributed by atoms with Crippen LogP contribution in [-0.2, 0) is 6.61 Å². The van der Waals surface area contributed by atoms with Crippen LogP contribution in [0.3, 0.4) is 0 Å². The number of aliphatic hydroxyl groups excluding tert-OH is 2. The van der Waals surface area contributed by atoms with Crippen LogP contribution in [-0.4, -0.2) is 34.9 Å². The Kier molecular flexibility index (Phi) is 4.34. The molecule has 4 nitrogen and oxygen atoms in total. The van der Waals surface area contributed by atoms with E-state index in [1.54, 1.807) is 0 Å². The number of hydrogen-bond acceptors (Lipinski definition) is 4. The fourth-order valence-electron chi connectivity index (χ4n) is 2.42. The largest absolute Gasteiger partial charge is 0.396 e. The van der Waals surface area contributed by atoms with E-state index < -0.39 is 0 Å². The van der Waals surface area contributed by atoms with E-state index in [0.29, 0.717) is 11.6 Å². The summed E-state index contributed by atoms with van der Waals surface area (Å²) in [6.45, 7) is 2.23. The van der Waals surface area contributed by atoms with E-state index in [0.717, 1.165) is 31.7 Å². The highest BCUT2D eigenvalue weighted by Crippen LogP contribution is 2.23. The first-order chi connectivity index (χ1) is 8.33. The van der Waals surface area contributed by atoms with Crippen LogP contribution < -0.4 is 4.90 Å². The van der Waals surface area contributed by atoms with Crippen LogP contribution in [0.15, 0.2) is 18.2 Å². The molecule has 1 saturated heterocycles. The van der Waals surface area contributed by atoms with Gasteiger partial charge in [0.25, 0.3) is 0 Å². The summed E-state index contributed by atoms with van der Waals surface area (Å²) in [5.41, 5.74) is 0.715. The molecule has 94 valence electrons. The highest BCUT2D eigenvalue weighted by atomic mass is 16.3. The molecular weight excluding hydrogens is 216 g/mol. The third-order valence-electron chi connectivity index (χ3n) is 3.33. The summed E-state index contributed by atoms with van der Waals surface area (Å²) in [7, 11) is 0. The van der Waals surface area contributed by atoms with Crippen molar-refractivity contribution in [1.82, 2.24) is 4.98 Å². The highest BCUT2D eigenvalue weighted by Gasteiger charge is 2.20. The van der Waals surface area contributed by atoms with E-state index in [1.165, 1.54) is 6.42 Å². The fraction of sp³-hybridized carbons (Fsp3) is 0.615. The number of aliphatic hydroxyl groups is 2. The van der Waals surface area contributed by atoms with Gasteiger partial charge in [-0.05, 0) is 37.3 Å². The summed E-state index contributed by atoms with van der Waals surface area (Å²) in [6, 6.07) is 5.75. The summed E-state index contributed by atoms with van der Waals surface area (Å²) in [5.74, 6) is 1.51. The van der Waals surface area contributed by atoms with Gasteiger partial charge in [0.2, 0.25) is 0 Å². The van der Waals surface area contributed by atoms with Crippen molar-refractivity contribution in [3.05, 3.63) is 23.9 Å². The SMILES string of the molecule is OCCC1CCCN(c2cccc(CO)n2)C1. The second-order valence-corrected chi connectivity index (χ2v) is 4.61. The molecule has 2 rings (SSSR count). The molecule has 1 atom stereocenters. The lowest BCUT2D eigenvalue weighted by Gasteiger charge is -2.33. The lowest BCUT2D eigenvalue weighted by molar-refractivity contribution is 0.244. The monoisotopic (exact) mass is 236 g/mol. The predicted octanol–water partition coefficient (Wildman–Crippen LogP) is 1.17. The lowest BCUT2D eigenvalue weighted by atomic mass is 9.95. The molecular formula is C13H20N2O2. The molecule has 1 unspecified atom stereocenters. The van der Waals surface area contributed by atoms with Gasteiger partial charge in [-0.3, -0.25) is 0 Å². The molecule has 1 fully saturated rings. The lowest BCUT2D eigenvalue weighted by Crippen LogP contribution is -2.36.